The average molecular weight is 374 g/mol. The normalized spacial score (nSPS) is 25.0. The molecule has 6 nitrogen and oxygen atoms in total. The molecule has 0 N–H and O–H groups in total. The Morgan fingerprint density at radius 2 is 1.64 bits per heavy atom. The summed E-state index contributed by atoms with van der Waals surface area (Å²) in [5.74, 6) is -0.445. The third-order valence-electron chi connectivity index (χ3n) is 5.11. The fourth-order valence-corrected chi connectivity index (χ4v) is 4.05. The summed E-state index contributed by atoms with van der Waals surface area (Å²) in [6.45, 7) is 18.3. The van der Waals surface area contributed by atoms with Crippen LogP contribution < -0.4 is 0 Å². The molecule has 0 saturated carbocycles. The highest BCUT2D eigenvalue weighted by Crippen LogP contribution is 2.41. The molecule has 146 valence electrons. The maximum Gasteiger partial charge on any atom is 0.411 e. The molecule has 1 aliphatic heterocycles. The van der Waals surface area contributed by atoms with Crippen molar-refractivity contribution in [3.63, 3.8) is 0 Å². The van der Waals surface area contributed by atoms with Crippen LogP contribution in [0.15, 0.2) is 0 Å². The number of hydrogen-bond donors (Lipinski definition) is 0. The van der Waals surface area contributed by atoms with Crippen molar-refractivity contribution < 1.29 is 23.5 Å². The van der Waals surface area contributed by atoms with Gasteiger partial charge in [0, 0.05) is 6.42 Å². The van der Waals surface area contributed by atoms with Gasteiger partial charge in [-0.3, -0.25) is 4.90 Å². The fraction of sp³-hybridized carbons (Fsp3) is 0.889. The maximum atomic E-state index is 12.7. The predicted molar refractivity (Wildman–Crippen MR) is 100 cm³/mol. The SMILES string of the molecule is COC(=O)[C@]1(C)C[C@H](O[Si](C)(C)C(C)(C)C)CN1C(=O)OC(C)(C)C. The topological polar surface area (TPSA) is 65.1 Å². The molecule has 2 atom stereocenters. The van der Waals surface area contributed by atoms with Crippen molar-refractivity contribution in [3.05, 3.63) is 0 Å². The molecule has 1 heterocycles. The van der Waals surface area contributed by atoms with Gasteiger partial charge in [-0.1, -0.05) is 20.8 Å². The van der Waals surface area contributed by atoms with Gasteiger partial charge in [0.25, 0.3) is 0 Å². The Hall–Kier alpha value is -1.08. The summed E-state index contributed by atoms with van der Waals surface area (Å²) in [5.41, 5.74) is -1.71. The second kappa shape index (κ2) is 6.91. The number of amides is 1. The fourth-order valence-electron chi connectivity index (χ4n) is 2.70. The van der Waals surface area contributed by atoms with Gasteiger partial charge < -0.3 is 13.9 Å². The van der Waals surface area contributed by atoms with Crippen LogP contribution in [0.5, 0.6) is 0 Å². The first-order chi connectivity index (χ1) is 11.0. The van der Waals surface area contributed by atoms with E-state index in [9.17, 15) is 9.59 Å². The van der Waals surface area contributed by atoms with Crippen LogP contribution in [0.4, 0.5) is 4.79 Å². The van der Waals surface area contributed by atoms with Crippen molar-refractivity contribution in [2.75, 3.05) is 13.7 Å². The van der Waals surface area contributed by atoms with Gasteiger partial charge in [0.05, 0.1) is 19.8 Å². The lowest BCUT2D eigenvalue weighted by Crippen LogP contribution is -2.52. The van der Waals surface area contributed by atoms with E-state index in [0.29, 0.717) is 13.0 Å². The Bertz CT molecular complexity index is 521. The molecule has 0 aromatic heterocycles. The number of carbonyl (C=O) groups is 2. The Balaban J connectivity index is 3.07. The summed E-state index contributed by atoms with van der Waals surface area (Å²) in [5, 5.41) is 0.0496. The highest BCUT2D eigenvalue weighted by atomic mass is 28.4. The Morgan fingerprint density at radius 1 is 1.12 bits per heavy atom. The van der Waals surface area contributed by atoms with Crippen molar-refractivity contribution >= 4 is 20.4 Å². The molecule has 0 radical (unpaired) electrons. The van der Waals surface area contributed by atoms with Gasteiger partial charge >= 0.3 is 12.1 Å². The average Bonchev–Trinajstić information content (AvgIpc) is 2.72. The van der Waals surface area contributed by atoms with Gasteiger partial charge in [0.2, 0.25) is 0 Å². The Labute approximate surface area is 153 Å². The van der Waals surface area contributed by atoms with Gasteiger partial charge in [-0.05, 0) is 45.8 Å². The summed E-state index contributed by atoms with van der Waals surface area (Å²) in [4.78, 5) is 26.5. The number of likely N-dealkylation sites (tertiary alicyclic amines) is 1. The summed E-state index contributed by atoms with van der Waals surface area (Å²) in [6, 6.07) is 0. The summed E-state index contributed by atoms with van der Waals surface area (Å²) in [7, 11) is -0.683. The van der Waals surface area contributed by atoms with Crippen molar-refractivity contribution in [3.8, 4) is 0 Å². The monoisotopic (exact) mass is 373 g/mol. The molecule has 1 amide bonds. The lowest BCUT2D eigenvalue weighted by atomic mass is 9.98. The number of carbonyl (C=O) groups excluding carboxylic acids is 2. The molecule has 1 fully saturated rings. The molecule has 0 unspecified atom stereocenters. The van der Waals surface area contributed by atoms with E-state index in [2.05, 4.69) is 33.9 Å². The van der Waals surface area contributed by atoms with Crippen molar-refractivity contribution in [1.29, 1.82) is 0 Å². The van der Waals surface area contributed by atoms with E-state index >= 15 is 0 Å². The molecule has 1 saturated heterocycles. The molecule has 0 aromatic rings. The number of ether oxygens (including phenoxy) is 2. The molecule has 25 heavy (non-hydrogen) atoms. The van der Waals surface area contributed by atoms with E-state index < -0.39 is 31.5 Å². The van der Waals surface area contributed by atoms with Crippen molar-refractivity contribution in [1.82, 2.24) is 4.90 Å². The second-order valence-corrected chi connectivity index (χ2v) is 14.3. The van der Waals surface area contributed by atoms with Crippen LogP contribution in [0.1, 0.15) is 54.9 Å². The van der Waals surface area contributed by atoms with Gasteiger partial charge in [0.15, 0.2) is 8.32 Å². The summed E-state index contributed by atoms with van der Waals surface area (Å²) in [6.07, 6.45) is -0.315. The number of rotatable bonds is 3. The van der Waals surface area contributed by atoms with Crippen LogP contribution in [0.2, 0.25) is 18.1 Å². The highest BCUT2D eigenvalue weighted by molar-refractivity contribution is 6.74. The highest BCUT2D eigenvalue weighted by Gasteiger charge is 2.54. The number of methoxy groups -OCH3 is 1. The van der Waals surface area contributed by atoms with Crippen LogP contribution in [0, 0.1) is 0 Å². The Kier molecular flexibility index (Phi) is 6.07. The lowest BCUT2D eigenvalue weighted by Gasteiger charge is -2.38. The van der Waals surface area contributed by atoms with Gasteiger partial charge in [-0.15, -0.1) is 0 Å². The first-order valence-corrected chi connectivity index (χ1v) is 11.7. The molecule has 0 aliphatic carbocycles. The quantitative estimate of drug-likeness (QED) is 0.553. The van der Waals surface area contributed by atoms with E-state index in [4.69, 9.17) is 13.9 Å². The van der Waals surface area contributed by atoms with Crippen LogP contribution in [-0.4, -0.2) is 56.2 Å². The Morgan fingerprint density at radius 3 is 2.04 bits per heavy atom. The smallest absolute Gasteiger partial charge is 0.411 e. The summed E-state index contributed by atoms with van der Waals surface area (Å²) >= 11 is 0. The maximum absolute atomic E-state index is 12.7. The molecule has 7 heteroatoms. The second-order valence-electron chi connectivity index (χ2n) is 9.56. The van der Waals surface area contributed by atoms with E-state index in [1.807, 2.05) is 0 Å². The zero-order chi connectivity index (χ0) is 19.8. The number of esters is 1. The van der Waals surface area contributed by atoms with E-state index in [0.717, 1.165) is 0 Å². The zero-order valence-corrected chi connectivity index (χ0v) is 18.5. The largest absolute Gasteiger partial charge is 0.467 e. The number of nitrogens with zero attached hydrogens (tertiary/aromatic N) is 1. The van der Waals surface area contributed by atoms with Crippen molar-refractivity contribution in [2.24, 2.45) is 0 Å². The minimum atomic E-state index is -2.02. The molecular formula is C18H35NO5Si. The third kappa shape index (κ3) is 4.97. The molecule has 0 aromatic carbocycles. The first kappa shape index (κ1) is 22.0. The van der Waals surface area contributed by atoms with E-state index in [1.54, 1.807) is 27.7 Å². The van der Waals surface area contributed by atoms with Gasteiger partial charge in [-0.25, -0.2) is 9.59 Å². The van der Waals surface area contributed by atoms with Crippen LogP contribution in [0.25, 0.3) is 0 Å². The minimum Gasteiger partial charge on any atom is -0.467 e. The molecule has 0 bridgehead atoms. The standard InChI is InChI=1S/C18H35NO5Si/c1-16(2,3)23-15(21)19-12-13(11-18(19,7)14(20)22-8)24-25(9,10)17(4,5)6/h13H,11-12H2,1-10H3/t13-,18-/m0/s1. The third-order valence-corrected chi connectivity index (χ3v) is 9.65. The van der Waals surface area contributed by atoms with Gasteiger partial charge in [0.1, 0.15) is 11.1 Å². The first-order valence-electron chi connectivity index (χ1n) is 8.80. The lowest BCUT2D eigenvalue weighted by molar-refractivity contribution is -0.152. The van der Waals surface area contributed by atoms with E-state index in [1.165, 1.54) is 12.0 Å². The molecular weight excluding hydrogens is 338 g/mol. The molecule has 1 aliphatic rings. The van der Waals surface area contributed by atoms with E-state index in [-0.39, 0.29) is 11.1 Å². The summed E-state index contributed by atoms with van der Waals surface area (Å²) < 4.78 is 16.9. The number of hydrogen-bond acceptors (Lipinski definition) is 5. The van der Waals surface area contributed by atoms with Crippen LogP contribution in [-0.2, 0) is 18.7 Å². The van der Waals surface area contributed by atoms with Crippen molar-refractivity contribution in [2.45, 2.75) is 90.3 Å². The predicted octanol–water partition coefficient (Wildman–Crippen LogP) is 3.95. The minimum absolute atomic E-state index is 0.0496. The van der Waals surface area contributed by atoms with Crippen LogP contribution >= 0.6 is 0 Å². The van der Waals surface area contributed by atoms with Crippen LogP contribution in [0.3, 0.4) is 0 Å². The van der Waals surface area contributed by atoms with Gasteiger partial charge in [-0.2, -0.15) is 0 Å². The molecule has 0 spiro atoms. The molecule has 1 rings (SSSR count). The zero-order valence-electron chi connectivity index (χ0n) is 17.5.